The summed E-state index contributed by atoms with van der Waals surface area (Å²) in [6, 6.07) is 2.57. The zero-order chi connectivity index (χ0) is 12.3. The van der Waals surface area contributed by atoms with Crippen LogP contribution in [0.2, 0.25) is 0 Å². The Morgan fingerprint density at radius 2 is 2.06 bits per heavy atom. The lowest BCUT2D eigenvalue weighted by molar-refractivity contribution is 0.278. The SMILES string of the molecule is CNC(Cc1ncc(Br)cc1C)C(C)(C)C. The Kier molecular flexibility index (Phi) is 4.51. The van der Waals surface area contributed by atoms with E-state index in [9.17, 15) is 0 Å². The molecule has 1 atom stereocenters. The van der Waals surface area contributed by atoms with E-state index in [1.165, 1.54) is 11.3 Å². The summed E-state index contributed by atoms with van der Waals surface area (Å²) in [5, 5.41) is 3.38. The second-order valence-electron chi connectivity index (χ2n) is 5.33. The topological polar surface area (TPSA) is 24.9 Å². The fraction of sp³-hybridized carbons (Fsp3) is 0.615. The summed E-state index contributed by atoms with van der Waals surface area (Å²) in [4.78, 5) is 4.49. The highest BCUT2D eigenvalue weighted by Gasteiger charge is 2.24. The lowest BCUT2D eigenvalue weighted by atomic mass is 9.83. The minimum absolute atomic E-state index is 0.246. The Labute approximate surface area is 107 Å². The molecule has 90 valence electrons. The summed E-state index contributed by atoms with van der Waals surface area (Å²) in [6.07, 6.45) is 2.84. The van der Waals surface area contributed by atoms with Crippen LogP contribution in [0.1, 0.15) is 32.0 Å². The summed E-state index contributed by atoms with van der Waals surface area (Å²) in [5.41, 5.74) is 2.67. The predicted octanol–water partition coefficient (Wildman–Crippen LogP) is 3.33. The highest BCUT2D eigenvalue weighted by Crippen LogP contribution is 2.23. The fourth-order valence-corrected chi connectivity index (χ4v) is 2.26. The van der Waals surface area contributed by atoms with Gasteiger partial charge < -0.3 is 5.32 Å². The van der Waals surface area contributed by atoms with Gasteiger partial charge in [0.1, 0.15) is 0 Å². The van der Waals surface area contributed by atoms with Gasteiger partial charge in [0, 0.05) is 28.8 Å². The number of nitrogens with one attached hydrogen (secondary N) is 1. The van der Waals surface area contributed by atoms with Crippen LogP contribution >= 0.6 is 15.9 Å². The molecule has 0 amide bonds. The third-order valence-corrected chi connectivity index (χ3v) is 3.38. The Balaban J connectivity index is 2.86. The molecule has 2 nitrogen and oxygen atoms in total. The molecule has 3 heteroatoms. The number of pyridine rings is 1. The van der Waals surface area contributed by atoms with Crippen LogP contribution in [-0.4, -0.2) is 18.1 Å². The van der Waals surface area contributed by atoms with Crippen molar-refractivity contribution in [3.05, 3.63) is 28.0 Å². The van der Waals surface area contributed by atoms with Crippen LogP contribution in [-0.2, 0) is 6.42 Å². The largest absolute Gasteiger partial charge is 0.316 e. The van der Waals surface area contributed by atoms with E-state index in [0.29, 0.717) is 6.04 Å². The predicted molar refractivity (Wildman–Crippen MR) is 72.7 cm³/mol. The molecular weight excluding hydrogens is 264 g/mol. The van der Waals surface area contributed by atoms with Crippen molar-refractivity contribution in [2.75, 3.05) is 7.05 Å². The van der Waals surface area contributed by atoms with Gasteiger partial charge in [-0.3, -0.25) is 4.98 Å². The van der Waals surface area contributed by atoms with Crippen LogP contribution in [0.15, 0.2) is 16.7 Å². The van der Waals surface area contributed by atoms with E-state index < -0.39 is 0 Å². The zero-order valence-electron chi connectivity index (χ0n) is 10.8. The molecule has 1 N–H and O–H groups in total. The van der Waals surface area contributed by atoms with E-state index >= 15 is 0 Å². The van der Waals surface area contributed by atoms with Gasteiger partial charge in [-0.05, 0) is 46.9 Å². The van der Waals surface area contributed by atoms with Crippen molar-refractivity contribution in [1.82, 2.24) is 10.3 Å². The van der Waals surface area contributed by atoms with Crippen molar-refractivity contribution in [3.63, 3.8) is 0 Å². The average Bonchev–Trinajstić information content (AvgIpc) is 2.14. The standard InChI is InChI=1S/C13H21BrN2/c1-9-6-10(14)8-16-11(9)7-12(15-5)13(2,3)4/h6,8,12,15H,7H2,1-5H3. The number of hydrogen-bond acceptors (Lipinski definition) is 2. The molecule has 0 fully saturated rings. The summed E-state index contributed by atoms with van der Waals surface area (Å²) in [7, 11) is 2.02. The molecule has 0 spiro atoms. The van der Waals surface area contributed by atoms with E-state index in [1.54, 1.807) is 0 Å². The monoisotopic (exact) mass is 284 g/mol. The molecule has 1 heterocycles. The summed E-state index contributed by atoms with van der Waals surface area (Å²) >= 11 is 3.44. The molecule has 0 aromatic carbocycles. The average molecular weight is 285 g/mol. The number of aromatic nitrogens is 1. The molecular formula is C13H21BrN2. The lowest BCUT2D eigenvalue weighted by Gasteiger charge is -2.30. The van der Waals surface area contributed by atoms with Gasteiger partial charge in [0.05, 0.1) is 0 Å². The molecule has 1 aromatic heterocycles. The first-order valence-corrected chi connectivity index (χ1v) is 6.42. The van der Waals surface area contributed by atoms with Gasteiger partial charge in [-0.1, -0.05) is 20.8 Å². The molecule has 1 unspecified atom stereocenters. The van der Waals surface area contributed by atoms with Crippen molar-refractivity contribution < 1.29 is 0 Å². The number of hydrogen-bond donors (Lipinski definition) is 1. The summed E-state index contributed by atoms with van der Waals surface area (Å²) in [5.74, 6) is 0. The maximum absolute atomic E-state index is 4.49. The van der Waals surface area contributed by atoms with Gasteiger partial charge in [-0.25, -0.2) is 0 Å². The lowest BCUT2D eigenvalue weighted by Crippen LogP contribution is -2.40. The third kappa shape index (κ3) is 3.56. The molecule has 0 aliphatic carbocycles. The van der Waals surface area contributed by atoms with Gasteiger partial charge in [0.15, 0.2) is 0 Å². The number of aryl methyl sites for hydroxylation is 1. The highest BCUT2D eigenvalue weighted by molar-refractivity contribution is 9.10. The first-order valence-electron chi connectivity index (χ1n) is 5.63. The third-order valence-electron chi connectivity index (χ3n) is 2.94. The molecule has 0 aliphatic rings. The van der Waals surface area contributed by atoms with E-state index in [4.69, 9.17) is 0 Å². The van der Waals surface area contributed by atoms with Gasteiger partial charge in [0.2, 0.25) is 0 Å². The van der Waals surface area contributed by atoms with Crippen molar-refractivity contribution in [3.8, 4) is 0 Å². The summed E-state index contributed by atoms with van der Waals surface area (Å²) < 4.78 is 1.05. The van der Waals surface area contributed by atoms with Crippen LogP contribution < -0.4 is 5.32 Å². The van der Waals surface area contributed by atoms with Crippen molar-refractivity contribution >= 4 is 15.9 Å². The van der Waals surface area contributed by atoms with Crippen LogP contribution in [0.4, 0.5) is 0 Å². The smallest absolute Gasteiger partial charge is 0.0449 e. The molecule has 0 saturated carbocycles. The van der Waals surface area contributed by atoms with E-state index in [2.05, 4.69) is 60.0 Å². The number of rotatable bonds is 3. The molecule has 0 bridgehead atoms. The molecule has 1 rings (SSSR count). The number of nitrogens with zero attached hydrogens (tertiary/aromatic N) is 1. The van der Waals surface area contributed by atoms with Crippen LogP contribution in [0.25, 0.3) is 0 Å². The van der Waals surface area contributed by atoms with Crippen LogP contribution in [0.3, 0.4) is 0 Å². The Morgan fingerprint density at radius 1 is 1.44 bits per heavy atom. The first-order chi connectivity index (χ1) is 7.34. The quantitative estimate of drug-likeness (QED) is 0.921. The highest BCUT2D eigenvalue weighted by atomic mass is 79.9. The number of halogens is 1. The molecule has 0 aliphatic heterocycles. The second-order valence-corrected chi connectivity index (χ2v) is 6.24. The van der Waals surface area contributed by atoms with Crippen molar-refractivity contribution in [2.45, 2.75) is 40.2 Å². The minimum Gasteiger partial charge on any atom is -0.316 e. The van der Waals surface area contributed by atoms with E-state index in [0.717, 1.165) is 10.9 Å². The van der Waals surface area contributed by atoms with E-state index in [-0.39, 0.29) is 5.41 Å². The van der Waals surface area contributed by atoms with Crippen LogP contribution in [0, 0.1) is 12.3 Å². The van der Waals surface area contributed by atoms with Crippen molar-refractivity contribution in [2.24, 2.45) is 5.41 Å². The Hall–Kier alpha value is -0.410. The first kappa shape index (κ1) is 13.7. The molecule has 1 aromatic rings. The Morgan fingerprint density at radius 3 is 2.50 bits per heavy atom. The van der Waals surface area contributed by atoms with E-state index in [1.807, 2.05) is 13.2 Å². The second kappa shape index (κ2) is 5.28. The molecule has 16 heavy (non-hydrogen) atoms. The van der Waals surface area contributed by atoms with Gasteiger partial charge in [0.25, 0.3) is 0 Å². The minimum atomic E-state index is 0.246. The van der Waals surface area contributed by atoms with Gasteiger partial charge in [-0.2, -0.15) is 0 Å². The zero-order valence-corrected chi connectivity index (χ0v) is 12.4. The molecule has 0 saturated heterocycles. The van der Waals surface area contributed by atoms with Gasteiger partial charge >= 0.3 is 0 Å². The van der Waals surface area contributed by atoms with Crippen molar-refractivity contribution in [1.29, 1.82) is 0 Å². The van der Waals surface area contributed by atoms with Gasteiger partial charge in [-0.15, -0.1) is 0 Å². The normalized spacial score (nSPS) is 13.9. The van der Waals surface area contributed by atoms with Crippen LogP contribution in [0.5, 0.6) is 0 Å². The fourth-order valence-electron chi connectivity index (χ4n) is 1.82. The maximum atomic E-state index is 4.49. The number of likely N-dealkylation sites (N-methyl/N-ethyl adjacent to an activating group) is 1. The molecule has 0 radical (unpaired) electrons. The maximum Gasteiger partial charge on any atom is 0.0449 e. The summed E-state index contributed by atoms with van der Waals surface area (Å²) in [6.45, 7) is 8.87. The Bertz CT molecular complexity index is 355.